The van der Waals surface area contributed by atoms with Gasteiger partial charge in [-0.25, -0.2) is 9.59 Å². The van der Waals surface area contributed by atoms with Gasteiger partial charge in [0.1, 0.15) is 6.04 Å². The molecule has 0 amide bonds. The molecule has 0 fully saturated rings. The molecule has 0 radical (unpaired) electrons. The summed E-state index contributed by atoms with van der Waals surface area (Å²) in [6, 6.07) is -1.29. The predicted molar refractivity (Wildman–Crippen MR) is 52.3 cm³/mol. The van der Waals surface area contributed by atoms with Crippen molar-refractivity contribution in [2.24, 2.45) is 5.73 Å². The number of aliphatic carboxylic acids is 4. The molecular formula is C8H11NO8. The second-order valence-corrected chi connectivity index (χ2v) is 2.55. The highest BCUT2D eigenvalue weighted by Gasteiger charge is 2.14. The van der Waals surface area contributed by atoms with E-state index in [0.29, 0.717) is 12.2 Å². The molecule has 0 aliphatic carbocycles. The number of carbonyl (C=O) groups is 4. The van der Waals surface area contributed by atoms with Gasteiger partial charge in [0.25, 0.3) is 0 Å². The normalized spacial score (nSPS) is 11.1. The minimum absolute atomic E-state index is 0.532. The second-order valence-electron chi connectivity index (χ2n) is 2.55. The standard InChI is InChI=1S/C4H7NO4.C4H4O4/c5-2(4(8)9)1-3(6)7;5-3(6)1-2-4(7)8/h2H,1,5H2,(H,6,7)(H,8,9);1-2H,(H,5,6)(H,7,8). The van der Waals surface area contributed by atoms with Crippen molar-refractivity contribution in [3.05, 3.63) is 12.2 Å². The Labute approximate surface area is 94.8 Å². The van der Waals surface area contributed by atoms with E-state index < -0.39 is 36.3 Å². The SMILES string of the molecule is NC(CC(=O)O)C(=O)O.O=C(O)C=CC(=O)O. The molecule has 1 unspecified atom stereocenters. The summed E-state index contributed by atoms with van der Waals surface area (Å²) in [5.74, 6) is -5.01. The van der Waals surface area contributed by atoms with Crippen LogP contribution in [0.25, 0.3) is 0 Å². The average Bonchev–Trinajstić information content (AvgIpc) is 2.14. The van der Waals surface area contributed by atoms with Gasteiger partial charge in [-0.05, 0) is 0 Å². The molecule has 9 nitrogen and oxygen atoms in total. The van der Waals surface area contributed by atoms with Crippen LogP contribution < -0.4 is 5.73 Å². The van der Waals surface area contributed by atoms with E-state index >= 15 is 0 Å². The molecular weight excluding hydrogens is 238 g/mol. The molecule has 0 aromatic heterocycles. The third-order valence-corrected chi connectivity index (χ3v) is 1.08. The van der Waals surface area contributed by atoms with Gasteiger partial charge in [-0.1, -0.05) is 0 Å². The number of carboxylic acids is 4. The highest BCUT2D eigenvalue weighted by molar-refractivity contribution is 5.89. The van der Waals surface area contributed by atoms with Crippen LogP contribution in [0.2, 0.25) is 0 Å². The predicted octanol–water partition coefficient (Wildman–Crippen LogP) is -1.42. The van der Waals surface area contributed by atoms with E-state index in [9.17, 15) is 19.2 Å². The Morgan fingerprint density at radius 3 is 1.41 bits per heavy atom. The molecule has 9 heteroatoms. The van der Waals surface area contributed by atoms with Crippen molar-refractivity contribution in [1.29, 1.82) is 0 Å². The average molecular weight is 249 g/mol. The van der Waals surface area contributed by atoms with Gasteiger partial charge >= 0.3 is 23.9 Å². The summed E-state index contributed by atoms with van der Waals surface area (Å²) in [5.41, 5.74) is 4.84. The fraction of sp³-hybridized carbons (Fsp3) is 0.250. The van der Waals surface area contributed by atoms with Gasteiger partial charge in [-0.3, -0.25) is 9.59 Å². The molecule has 0 spiro atoms. The van der Waals surface area contributed by atoms with Crippen LogP contribution in [0.1, 0.15) is 6.42 Å². The fourth-order valence-corrected chi connectivity index (χ4v) is 0.418. The van der Waals surface area contributed by atoms with Crippen LogP contribution in [0, 0.1) is 0 Å². The maximum absolute atomic E-state index is 9.85. The Morgan fingerprint density at radius 1 is 0.941 bits per heavy atom. The number of carboxylic acid groups (broad SMARTS) is 4. The first-order valence-corrected chi connectivity index (χ1v) is 4.01. The minimum Gasteiger partial charge on any atom is -0.481 e. The molecule has 1 atom stereocenters. The van der Waals surface area contributed by atoms with Crippen LogP contribution in [0.15, 0.2) is 12.2 Å². The lowest BCUT2D eigenvalue weighted by molar-refractivity contribution is -0.144. The summed E-state index contributed by atoms with van der Waals surface area (Å²) in [5, 5.41) is 31.7. The maximum Gasteiger partial charge on any atom is 0.328 e. The number of hydrogen-bond acceptors (Lipinski definition) is 5. The van der Waals surface area contributed by atoms with E-state index in [1.165, 1.54) is 0 Å². The van der Waals surface area contributed by atoms with Gasteiger partial charge in [0, 0.05) is 12.2 Å². The number of hydrogen-bond donors (Lipinski definition) is 5. The molecule has 0 aromatic rings. The van der Waals surface area contributed by atoms with Crippen molar-refractivity contribution in [3.8, 4) is 0 Å². The number of rotatable bonds is 5. The second kappa shape index (κ2) is 8.85. The van der Waals surface area contributed by atoms with Gasteiger partial charge in [0.2, 0.25) is 0 Å². The first-order valence-electron chi connectivity index (χ1n) is 4.01. The van der Waals surface area contributed by atoms with Gasteiger partial charge in [0.05, 0.1) is 6.42 Å². The van der Waals surface area contributed by atoms with E-state index in [0.717, 1.165) is 0 Å². The first-order chi connectivity index (χ1) is 7.66. The van der Waals surface area contributed by atoms with Crippen LogP contribution in [0.5, 0.6) is 0 Å². The summed E-state index contributed by atoms with van der Waals surface area (Å²) in [7, 11) is 0. The van der Waals surface area contributed by atoms with E-state index in [2.05, 4.69) is 0 Å². The Balaban J connectivity index is 0. The van der Waals surface area contributed by atoms with Crippen molar-refractivity contribution < 1.29 is 39.6 Å². The molecule has 6 N–H and O–H groups in total. The Morgan fingerprint density at radius 2 is 1.29 bits per heavy atom. The molecule has 96 valence electrons. The molecule has 17 heavy (non-hydrogen) atoms. The fourth-order valence-electron chi connectivity index (χ4n) is 0.418. The third kappa shape index (κ3) is 16.3. The van der Waals surface area contributed by atoms with E-state index in [-0.39, 0.29) is 0 Å². The molecule has 0 rings (SSSR count). The minimum atomic E-state index is -1.29. The zero-order chi connectivity index (χ0) is 14.0. The Hall–Kier alpha value is -2.42. The molecule has 0 saturated carbocycles. The zero-order valence-electron chi connectivity index (χ0n) is 8.44. The van der Waals surface area contributed by atoms with Crippen molar-refractivity contribution in [2.45, 2.75) is 12.5 Å². The van der Waals surface area contributed by atoms with Crippen LogP contribution in [0.3, 0.4) is 0 Å². The molecule has 0 bridgehead atoms. The van der Waals surface area contributed by atoms with Crippen molar-refractivity contribution in [2.75, 3.05) is 0 Å². The molecule has 0 aliphatic rings. The summed E-state index contributed by atoms with van der Waals surface area (Å²) < 4.78 is 0. The van der Waals surface area contributed by atoms with Crippen LogP contribution in [-0.2, 0) is 19.2 Å². The van der Waals surface area contributed by atoms with Crippen LogP contribution in [0.4, 0.5) is 0 Å². The quantitative estimate of drug-likeness (QED) is 0.366. The highest BCUT2D eigenvalue weighted by atomic mass is 16.4. The van der Waals surface area contributed by atoms with E-state index in [4.69, 9.17) is 26.2 Å². The van der Waals surface area contributed by atoms with Crippen LogP contribution in [-0.4, -0.2) is 50.3 Å². The zero-order valence-corrected chi connectivity index (χ0v) is 8.44. The molecule has 0 heterocycles. The summed E-state index contributed by atoms with van der Waals surface area (Å²) in [6.45, 7) is 0. The molecule has 0 aromatic carbocycles. The van der Waals surface area contributed by atoms with Crippen molar-refractivity contribution in [3.63, 3.8) is 0 Å². The van der Waals surface area contributed by atoms with Crippen molar-refractivity contribution in [1.82, 2.24) is 0 Å². The molecule has 0 aliphatic heterocycles. The first kappa shape index (κ1) is 17.0. The largest absolute Gasteiger partial charge is 0.481 e. The lowest BCUT2D eigenvalue weighted by atomic mass is 10.2. The van der Waals surface area contributed by atoms with Crippen molar-refractivity contribution >= 4 is 23.9 Å². The maximum atomic E-state index is 9.85. The lowest BCUT2D eigenvalue weighted by Crippen LogP contribution is -2.32. The van der Waals surface area contributed by atoms with E-state index in [1.54, 1.807) is 0 Å². The van der Waals surface area contributed by atoms with Crippen LogP contribution >= 0.6 is 0 Å². The molecule has 0 saturated heterocycles. The third-order valence-electron chi connectivity index (χ3n) is 1.08. The summed E-state index contributed by atoms with van der Waals surface area (Å²) >= 11 is 0. The van der Waals surface area contributed by atoms with E-state index in [1.807, 2.05) is 0 Å². The highest BCUT2D eigenvalue weighted by Crippen LogP contribution is 1.86. The van der Waals surface area contributed by atoms with Gasteiger partial charge < -0.3 is 26.2 Å². The lowest BCUT2D eigenvalue weighted by Gasteiger charge is -1.99. The summed E-state index contributed by atoms with van der Waals surface area (Å²) in [4.78, 5) is 38.7. The van der Waals surface area contributed by atoms with Gasteiger partial charge in [-0.15, -0.1) is 0 Å². The smallest absolute Gasteiger partial charge is 0.328 e. The topological polar surface area (TPSA) is 175 Å². The van der Waals surface area contributed by atoms with Gasteiger partial charge in [-0.2, -0.15) is 0 Å². The Bertz CT molecular complexity index is 318. The summed E-state index contributed by atoms with van der Waals surface area (Å²) in [6.07, 6.45) is 0.583. The number of nitrogens with two attached hydrogens (primary N) is 1. The Kier molecular flexibility index (Phi) is 8.85. The van der Waals surface area contributed by atoms with Gasteiger partial charge in [0.15, 0.2) is 0 Å². The monoisotopic (exact) mass is 249 g/mol.